The molecule has 0 unspecified atom stereocenters. The van der Waals surface area contributed by atoms with E-state index in [2.05, 4.69) is 4.98 Å². The van der Waals surface area contributed by atoms with Crippen LogP contribution in [0.4, 0.5) is 12.9 Å². The van der Waals surface area contributed by atoms with Gasteiger partial charge in [-0.05, 0) is 12.1 Å². The summed E-state index contributed by atoms with van der Waals surface area (Å²) in [7, 11) is -4.46. The fourth-order valence-electron chi connectivity index (χ4n) is 1.48. The lowest BCUT2D eigenvalue weighted by atomic mass is 9.92. The summed E-state index contributed by atoms with van der Waals surface area (Å²) in [6.45, 7) is -5.42. The molecule has 0 spiro atoms. The van der Waals surface area contributed by atoms with Crippen LogP contribution in [-0.2, 0) is 10.0 Å². The van der Waals surface area contributed by atoms with Gasteiger partial charge in [-0.3, -0.25) is 9.10 Å². The highest BCUT2D eigenvalue weighted by Gasteiger charge is 2.45. The monoisotopic (exact) mass is 265 g/mol. The highest BCUT2D eigenvalue weighted by molar-refractivity contribution is 7.90. The van der Waals surface area contributed by atoms with Crippen LogP contribution in [-0.4, -0.2) is 37.0 Å². The maximum Gasteiger partial charge on any atom is 0.498 e. The Morgan fingerprint density at radius 3 is 2.53 bits per heavy atom. The molecule has 17 heavy (non-hydrogen) atoms. The Morgan fingerprint density at radius 1 is 1.35 bits per heavy atom. The Balaban J connectivity index is 2.52. The average Bonchev–Trinajstić information content (AvgIpc) is 2.39. The van der Waals surface area contributed by atoms with E-state index < -0.39 is 34.4 Å². The standard InChI is InChI=1S/C7H5BF3N2O3S/c9-8(10,11)4-13-7(14)5-2-1-3-12-6(5)17(13,15)16/h1-3H,4H2/q-1. The van der Waals surface area contributed by atoms with Gasteiger partial charge in [-0.25, -0.2) is 4.98 Å². The molecule has 0 aromatic carbocycles. The van der Waals surface area contributed by atoms with Gasteiger partial charge in [0.15, 0.2) is 5.03 Å². The number of carbonyl (C=O) groups excluding carboxylic acids is 1. The quantitative estimate of drug-likeness (QED) is 0.735. The van der Waals surface area contributed by atoms with Crippen LogP contribution in [0, 0.1) is 0 Å². The molecule has 0 atom stereocenters. The van der Waals surface area contributed by atoms with Gasteiger partial charge < -0.3 is 12.9 Å². The molecule has 0 saturated heterocycles. The van der Waals surface area contributed by atoms with Gasteiger partial charge >= 0.3 is 6.98 Å². The maximum atomic E-state index is 12.2. The molecule has 0 saturated carbocycles. The maximum absolute atomic E-state index is 12.2. The van der Waals surface area contributed by atoms with Crippen molar-refractivity contribution in [3.05, 3.63) is 23.9 Å². The molecule has 0 fully saturated rings. The summed E-state index contributed by atoms with van der Waals surface area (Å²) in [4.78, 5) is 14.9. The van der Waals surface area contributed by atoms with Gasteiger partial charge in [0.2, 0.25) is 0 Å². The van der Waals surface area contributed by atoms with Crippen molar-refractivity contribution >= 4 is 22.9 Å². The third-order valence-corrected chi connectivity index (χ3v) is 3.84. The number of rotatable bonds is 2. The predicted octanol–water partition coefficient (Wildman–Crippen LogP) is 0.613. The number of hydrogen-bond donors (Lipinski definition) is 0. The molecule has 0 bridgehead atoms. The molecule has 1 aromatic heterocycles. The number of hydrogen-bond acceptors (Lipinski definition) is 4. The zero-order chi connectivity index (χ0) is 12.8. The van der Waals surface area contributed by atoms with E-state index in [1.807, 2.05) is 0 Å². The Hall–Kier alpha value is -1.58. The van der Waals surface area contributed by atoms with Crippen LogP contribution < -0.4 is 0 Å². The minimum absolute atomic E-state index is 0.190. The van der Waals surface area contributed by atoms with Gasteiger partial charge in [0.25, 0.3) is 15.9 Å². The third kappa shape index (κ3) is 1.88. The number of amides is 1. The predicted molar refractivity (Wildman–Crippen MR) is 51.5 cm³/mol. The van der Waals surface area contributed by atoms with Gasteiger partial charge in [0.1, 0.15) is 0 Å². The highest BCUT2D eigenvalue weighted by Crippen LogP contribution is 2.29. The molecule has 10 heteroatoms. The molecule has 1 amide bonds. The van der Waals surface area contributed by atoms with E-state index >= 15 is 0 Å². The summed E-state index contributed by atoms with van der Waals surface area (Å²) in [6, 6.07) is 2.42. The molecule has 1 aromatic rings. The SMILES string of the molecule is O=C1c2cccnc2S(=O)(=O)N1C[B-](F)(F)F. The fourth-order valence-corrected chi connectivity index (χ4v) is 2.99. The Bertz CT molecular complexity index is 586. The minimum Gasteiger partial charge on any atom is -0.448 e. The van der Waals surface area contributed by atoms with E-state index in [1.165, 1.54) is 6.07 Å². The smallest absolute Gasteiger partial charge is 0.448 e. The molecule has 1 aliphatic heterocycles. The molecular formula is C7H5BF3N2O3S-. The Morgan fingerprint density at radius 2 is 2.00 bits per heavy atom. The molecule has 92 valence electrons. The van der Waals surface area contributed by atoms with Gasteiger partial charge in [-0.1, -0.05) is 0 Å². The first-order chi connectivity index (χ1) is 7.73. The van der Waals surface area contributed by atoms with Crippen LogP contribution >= 0.6 is 0 Å². The average molecular weight is 265 g/mol. The van der Waals surface area contributed by atoms with Gasteiger partial charge in [0.05, 0.1) is 5.56 Å². The summed E-state index contributed by atoms with van der Waals surface area (Å²) in [5, 5.41) is -0.620. The number of sulfonamides is 1. The van der Waals surface area contributed by atoms with Crippen LogP contribution in [0.1, 0.15) is 10.4 Å². The number of halogens is 3. The number of fused-ring (bicyclic) bond motifs is 1. The minimum atomic E-state index is -5.42. The van der Waals surface area contributed by atoms with Crippen molar-refractivity contribution in [2.24, 2.45) is 0 Å². The molecule has 2 heterocycles. The molecule has 0 radical (unpaired) electrons. The molecule has 5 nitrogen and oxygen atoms in total. The van der Waals surface area contributed by atoms with Crippen LogP contribution in [0.25, 0.3) is 0 Å². The zero-order valence-electron chi connectivity index (χ0n) is 8.18. The van der Waals surface area contributed by atoms with E-state index in [0.717, 1.165) is 12.3 Å². The van der Waals surface area contributed by atoms with Gasteiger partial charge in [-0.2, -0.15) is 8.42 Å². The van der Waals surface area contributed by atoms with Crippen molar-refractivity contribution in [2.45, 2.75) is 5.03 Å². The third-order valence-electron chi connectivity index (χ3n) is 2.14. The second-order valence-electron chi connectivity index (χ2n) is 3.41. The van der Waals surface area contributed by atoms with E-state index in [9.17, 15) is 26.2 Å². The van der Waals surface area contributed by atoms with Crippen molar-refractivity contribution in [1.82, 2.24) is 9.29 Å². The summed E-state index contributed by atoms with van der Waals surface area (Å²) >= 11 is 0. The highest BCUT2D eigenvalue weighted by atomic mass is 32.2. The van der Waals surface area contributed by atoms with Gasteiger partial charge in [-0.15, -0.1) is 0 Å². The lowest BCUT2D eigenvalue weighted by molar-refractivity contribution is 0.0876. The first kappa shape index (κ1) is 11.9. The summed E-state index contributed by atoms with van der Waals surface area (Å²) in [5.41, 5.74) is -0.326. The number of nitrogens with zero attached hydrogens (tertiary/aromatic N) is 2. The Kier molecular flexibility index (Phi) is 2.42. The zero-order valence-corrected chi connectivity index (χ0v) is 8.99. The lowest BCUT2D eigenvalue weighted by Gasteiger charge is -2.21. The largest absolute Gasteiger partial charge is 0.498 e. The molecule has 0 aliphatic carbocycles. The van der Waals surface area contributed by atoms with Crippen LogP contribution in [0.15, 0.2) is 23.4 Å². The molecule has 1 aliphatic rings. The van der Waals surface area contributed by atoms with Crippen LogP contribution in [0.5, 0.6) is 0 Å². The number of aromatic nitrogens is 1. The van der Waals surface area contributed by atoms with Crippen LogP contribution in [0.2, 0.25) is 0 Å². The Labute approximate surface area is 94.4 Å². The van der Waals surface area contributed by atoms with E-state index in [4.69, 9.17) is 0 Å². The van der Waals surface area contributed by atoms with Crippen molar-refractivity contribution in [3.8, 4) is 0 Å². The van der Waals surface area contributed by atoms with Crippen LogP contribution in [0.3, 0.4) is 0 Å². The van der Waals surface area contributed by atoms with E-state index in [-0.39, 0.29) is 9.87 Å². The fraction of sp³-hybridized carbons (Fsp3) is 0.143. The second kappa shape index (κ2) is 3.46. The molecule has 2 rings (SSSR count). The lowest BCUT2D eigenvalue weighted by Crippen LogP contribution is -2.41. The molecular weight excluding hydrogens is 260 g/mol. The first-order valence-corrected chi connectivity index (χ1v) is 5.90. The van der Waals surface area contributed by atoms with Crippen molar-refractivity contribution < 1.29 is 26.2 Å². The number of carbonyl (C=O) groups is 1. The second-order valence-corrected chi connectivity index (χ2v) is 5.19. The summed E-state index contributed by atoms with van der Waals surface area (Å²) < 4.78 is 59.8. The summed E-state index contributed by atoms with van der Waals surface area (Å²) in [6.07, 6.45) is -0.677. The number of pyridine rings is 1. The van der Waals surface area contributed by atoms with Crippen molar-refractivity contribution in [1.29, 1.82) is 0 Å². The molecule has 0 N–H and O–H groups in total. The van der Waals surface area contributed by atoms with E-state index in [1.54, 1.807) is 0 Å². The first-order valence-electron chi connectivity index (χ1n) is 4.46. The summed E-state index contributed by atoms with van der Waals surface area (Å²) in [5.74, 6) is -1.19. The van der Waals surface area contributed by atoms with Crippen molar-refractivity contribution in [2.75, 3.05) is 6.44 Å². The van der Waals surface area contributed by atoms with Gasteiger partial charge in [0, 0.05) is 12.6 Å². The normalized spacial score (nSPS) is 18.3. The van der Waals surface area contributed by atoms with Crippen molar-refractivity contribution in [3.63, 3.8) is 0 Å². The van der Waals surface area contributed by atoms with E-state index in [0.29, 0.717) is 0 Å². The topological polar surface area (TPSA) is 67.3 Å².